The van der Waals surface area contributed by atoms with E-state index in [0.29, 0.717) is 5.41 Å². The van der Waals surface area contributed by atoms with Crippen LogP contribution in [0.4, 0.5) is 11.4 Å². The summed E-state index contributed by atoms with van der Waals surface area (Å²) in [4.78, 5) is 0. The van der Waals surface area contributed by atoms with Gasteiger partial charge >= 0.3 is 0 Å². The molecule has 2 nitrogen and oxygen atoms in total. The number of hydrogen-bond donors (Lipinski definition) is 2. The Bertz CT molecular complexity index is 390. The van der Waals surface area contributed by atoms with Gasteiger partial charge in [0.25, 0.3) is 0 Å². The van der Waals surface area contributed by atoms with Crippen molar-refractivity contribution in [2.75, 3.05) is 11.5 Å². The Labute approximate surface area is 90.7 Å². The summed E-state index contributed by atoms with van der Waals surface area (Å²) in [5, 5.41) is 0. The second kappa shape index (κ2) is 2.91. The smallest absolute Gasteiger partial charge is 0.0586 e. The molecule has 2 heteroatoms. The highest BCUT2D eigenvalue weighted by atomic mass is 14.7. The summed E-state index contributed by atoms with van der Waals surface area (Å²) in [5.41, 5.74) is 15.3. The molecule has 1 aromatic carbocycles. The zero-order valence-electron chi connectivity index (χ0n) is 9.00. The van der Waals surface area contributed by atoms with Gasteiger partial charge in [0, 0.05) is 0 Å². The first-order valence-corrected chi connectivity index (χ1v) is 5.86. The third-order valence-corrected chi connectivity index (χ3v) is 4.45. The van der Waals surface area contributed by atoms with Crippen LogP contribution in [-0.2, 0) is 5.41 Å². The van der Waals surface area contributed by atoms with Gasteiger partial charge in [-0.25, -0.2) is 0 Å². The Morgan fingerprint density at radius 1 is 1.13 bits per heavy atom. The second-order valence-corrected chi connectivity index (χ2v) is 5.24. The van der Waals surface area contributed by atoms with Crippen molar-refractivity contribution in [3.8, 4) is 0 Å². The van der Waals surface area contributed by atoms with Crippen molar-refractivity contribution < 1.29 is 0 Å². The molecule has 1 aromatic rings. The molecule has 0 radical (unpaired) electrons. The van der Waals surface area contributed by atoms with Gasteiger partial charge < -0.3 is 11.5 Å². The monoisotopic (exact) mass is 202 g/mol. The van der Waals surface area contributed by atoms with Crippen LogP contribution in [0.5, 0.6) is 0 Å². The lowest BCUT2D eigenvalue weighted by molar-refractivity contribution is 0.420. The molecule has 15 heavy (non-hydrogen) atoms. The number of benzene rings is 1. The maximum absolute atomic E-state index is 6.12. The normalized spacial score (nSPS) is 33.5. The van der Waals surface area contributed by atoms with E-state index >= 15 is 0 Å². The van der Waals surface area contributed by atoms with E-state index < -0.39 is 0 Å². The molecule has 2 fully saturated rings. The molecule has 2 saturated carbocycles. The van der Waals surface area contributed by atoms with E-state index in [1.54, 1.807) is 0 Å². The average Bonchev–Trinajstić information content (AvgIpc) is 2.83. The van der Waals surface area contributed by atoms with Gasteiger partial charge in [0.1, 0.15) is 0 Å². The van der Waals surface area contributed by atoms with E-state index in [1.165, 1.54) is 37.7 Å². The predicted octanol–water partition coefficient (Wildman–Crippen LogP) is 2.68. The molecule has 3 rings (SSSR count). The van der Waals surface area contributed by atoms with Crippen LogP contribution in [0.25, 0.3) is 0 Å². The highest BCUT2D eigenvalue weighted by Crippen LogP contribution is 2.56. The van der Waals surface area contributed by atoms with Crippen molar-refractivity contribution in [2.45, 2.75) is 37.5 Å². The summed E-state index contributed by atoms with van der Waals surface area (Å²) in [6.07, 6.45) is 6.72. The maximum atomic E-state index is 6.12. The molecule has 0 aliphatic heterocycles. The highest BCUT2D eigenvalue weighted by molar-refractivity contribution is 5.69. The van der Waals surface area contributed by atoms with Crippen molar-refractivity contribution in [3.63, 3.8) is 0 Å². The van der Waals surface area contributed by atoms with Crippen molar-refractivity contribution >= 4 is 11.4 Å². The second-order valence-electron chi connectivity index (χ2n) is 5.24. The Morgan fingerprint density at radius 2 is 1.87 bits per heavy atom. The molecule has 0 unspecified atom stereocenters. The molecule has 4 N–H and O–H groups in total. The van der Waals surface area contributed by atoms with Crippen molar-refractivity contribution in [1.29, 1.82) is 0 Å². The molecule has 0 saturated heterocycles. The van der Waals surface area contributed by atoms with Gasteiger partial charge in [0.15, 0.2) is 0 Å². The van der Waals surface area contributed by atoms with E-state index in [2.05, 4.69) is 6.07 Å². The summed E-state index contributed by atoms with van der Waals surface area (Å²) in [6, 6.07) is 6.12. The number of nitrogens with two attached hydrogens (primary N) is 2. The van der Waals surface area contributed by atoms with Crippen molar-refractivity contribution in [3.05, 3.63) is 23.8 Å². The Hall–Kier alpha value is -1.18. The Morgan fingerprint density at radius 3 is 2.47 bits per heavy atom. The fraction of sp³-hybridized carbons (Fsp3) is 0.538. The minimum Gasteiger partial charge on any atom is -0.397 e. The van der Waals surface area contributed by atoms with Gasteiger partial charge in [-0.05, 0) is 55.1 Å². The SMILES string of the molecule is Nc1cccc(C23CCC(CC2)C3)c1N. The van der Waals surface area contributed by atoms with Crippen LogP contribution in [-0.4, -0.2) is 0 Å². The molecular formula is C13H18N2. The lowest BCUT2D eigenvalue weighted by atomic mass is 9.77. The topological polar surface area (TPSA) is 52.0 Å². The van der Waals surface area contributed by atoms with Crippen LogP contribution in [0.15, 0.2) is 18.2 Å². The van der Waals surface area contributed by atoms with Gasteiger partial charge in [0.05, 0.1) is 11.4 Å². The number of rotatable bonds is 1. The number of fused-ring (bicyclic) bond motifs is 2. The summed E-state index contributed by atoms with van der Waals surface area (Å²) in [7, 11) is 0. The molecule has 0 atom stereocenters. The van der Waals surface area contributed by atoms with Gasteiger partial charge in [-0.1, -0.05) is 12.1 Å². The first kappa shape index (κ1) is 9.08. The largest absolute Gasteiger partial charge is 0.397 e. The number of nitrogen functional groups attached to an aromatic ring is 2. The quantitative estimate of drug-likeness (QED) is 0.688. The molecule has 0 aromatic heterocycles. The van der Waals surface area contributed by atoms with E-state index in [4.69, 9.17) is 11.5 Å². The Kier molecular flexibility index (Phi) is 1.76. The fourth-order valence-corrected chi connectivity index (χ4v) is 3.62. The maximum Gasteiger partial charge on any atom is 0.0586 e. The van der Waals surface area contributed by atoms with Crippen LogP contribution < -0.4 is 11.5 Å². The molecule has 0 amide bonds. The fourth-order valence-electron chi connectivity index (χ4n) is 3.62. The number of hydrogen-bond acceptors (Lipinski definition) is 2. The third-order valence-electron chi connectivity index (χ3n) is 4.45. The van der Waals surface area contributed by atoms with E-state index in [0.717, 1.165) is 17.3 Å². The third kappa shape index (κ3) is 1.17. The van der Waals surface area contributed by atoms with Gasteiger partial charge in [-0.15, -0.1) is 0 Å². The van der Waals surface area contributed by atoms with Gasteiger partial charge in [-0.2, -0.15) is 0 Å². The first-order chi connectivity index (χ1) is 7.21. The van der Waals surface area contributed by atoms with E-state index in [1.807, 2.05) is 12.1 Å². The molecule has 0 heterocycles. The molecule has 80 valence electrons. The minimum atomic E-state index is 0.379. The molecular weight excluding hydrogens is 184 g/mol. The Balaban J connectivity index is 2.09. The van der Waals surface area contributed by atoms with Gasteiger partial charge in [0.2, 0.25) is 0 Å². The molecule has 2 aliphatic rings. The van der Waals surface area contributed by atoms with E-state index in [-0.39, 0.29) is 0 Å². The van der Waals surface area contributed by atoms with Crippen molar-refractivity contribution in [1.82, 2.24) is 0 Å². The summed E-state index contributed by atoms with van der Waals surface area (Å²) in [5.74, 6) is 0.950. The molecule has 2 bridgehead atoms. The van der Waals surface area contributed by atoms with Crippen molar-refractivity contribution in [2.24, 2.45) is 5.92 Å². The number of para-hydroxylation sites is 1. The van der Waals surface area contributed by atoms with E-state index in [9.17, 15) is 0 Å². The standard InChI is InChI=1S/C13H18N2/c14-11-3-1-2-10(12(11)15)13-6-4-9(8-13)5-7-13/h1-3,9H,4-8,14-15H2. The first-order valence-electron chi connectivity index (χ1n) is 5.86. The minimum absolute atomic E-state index is 0.379. The van der Waals surface area contributed by atoms with Gasteiger partial charge in [-0.3, -0.25) is 0 Å². The van der Waals surface area contributed by atoms with Crippen LogP contribution in [0.3, 0.4) is 0 Å². The molecule has 2 aliphatic carbocycles. The lowest BCUT2D eigenvalue weighted by Gasteiger charge is -2.28. The lowest BCUT2D eigenvalue weighted by Crippen LogP contribution is -2.21. The summed E-state index contributed by atoms with van der Waals surface area (Å²) in [6.45, 7) is 0. The zero-order chi connectivity index (χ0) is 10.5. The van der Waals surface area contributed by atoms with Crippen LogP contribution in [0.2, 0.25) is 0 Å². The number of anilines is 2. The van der Waals surface area contributed by atoms with Crippen LogP contribution in [0.1, 0.15) is 37.7 Å². The highest BCUT2D eigenvalue weighted by Gasteiger charge is 2.46. The van der Waals surface area contributed by atoms with Crippen LogP contribution in [0, 0.1) is 5.92 Å². The van der Waals surface area contributed by atoms with Crippen LogP contribution >= 0.6 is 0 Å². The predicted molar refractivity (Wildman–Crippen MR) is 63.5 cm³/mol. The summed E-state index contributed by atoms with van der Waals surface area (Å²) < 4.78 is 0. The summed E-state index contributed by atoms with van der Waals surface area (Å²) >= 11 is 0. The molecule has 0 spiro atoms. The average molecular weight is 202 g/mol. The zero-order valence-corrected chi connectivity index (χ0v) is 9.00.